The Balaban J connectivity index is 1.26. The number of hydrogen-bond acceptors (Lipinski definition) is 5. The first-order valence-electron chi connectivity index (χ1n) is 14.8. The summed E-state index contributed by atoms with van der Waals surface area (Å²) >= 11 is 6.53. The van der Waals surface area contributed by atoms with E-state index in [1.165, 1.54) is 12.1 Å². The van der Waals surface area contributed by atoms with Gasteiger partial charge >= 0.3 is 0 Å². The molecule has 0 spiro atoms. The van der Waals surface area contributed by atoms with Gasteiger partial charge in [0.25, 0.3) is 5.91 Å². The molecule has 6 nitrogen and oxygen atoms in total. The Labute approximate surface area is 251 Å². The number of rotatable bonds is 9. The van der Waals surface area contributed by atoms with Gasteiger partial charge in [-0.05, 0) is 106 Å². The molecule has 1 saturated heterocycles. The molecule has 1 aliphatic carbocycles. The maximum Gasteiger partial charge on any atom is 0.270 e. The van der Waals surface area contributed by atoms with Crippen LogP contribution in [-0.4, -0.2) is 58.9 Å². The Morgan fingerprint density at radius 1 is 1.10 bits per heavy atom. The minimum Gasteiger partial charge on any atom is -0.489 e. The van der Waals surface area contributed by atoms with Gasteiger partial charge < -0.3 is 20.1 Å². The summed E-state index contributed by atoms with van der Waals surface area (Å²) in [7, 11) is 0. The van der Waals surface area contributed by atoms with Crippen molar-refractivity contribution in [2.45, 2.75) is 69.7 Å². The number of halogens is 2. The van der Waals surface area contributed by atoms with Gasteiger partial charge in [-0.3, -0.25) is 9.79 Å². The number of fused-ring (bicyclic) bond motifs is 1. The number of hydrogen-bond donors (Lipinski definition) is 2. The summed E-state index contributed by atoms with van der Waals surface area (Å²) in [4.78, 5) is 21.1. The van der Waals surface area contributed by atoms with Crippen molar-refractivity contribution in [2.75, 3.05) is 19.6 Å². The summed E-state index contributed by atoms with van der Waals surface area (Å²) in [6, 6.07) is 17.1. The molecule has 2 atom stereocenters. The number of aliphatic hydroxyl groups excluding tert-OH is 1. The lowest BCUT2D eigenvalue weighted by molar-refractivity contribution is -0.116. The van der Waals surface area contributed by atoms with E-state index in [4.69, 9.17) is 21.3 Å². The molecule has 2 fully saturated rings. The zero-order valence-corrected chi connectivity index (χ0v) is 24.8. The molecular formula is C34H37ClFN3O3. The van der Waals surface area contributed by atoms with Crippen LogP contribution in [0.5, 0.6) is 5.75 Å². The molecule has 3 aromatic carbocycles. The molecule has 0 radical (unpaired) electrons. The summed E-state index contributed by atoms with van der Waals surface area (Å²) in [5.41, 5.74) is 4.15. The van der Waals surface area contributed by atoms with Gasteiger partial charge in [0.05, 0.1) is 22.7 Å². The molecule has 2 heterocycles. The van der Waals surface area contributed by atoms with Gasteiger partial charge in [-0.25, -0.2) is 4.39 Å². The van der Waals surface area contributed by atoms with E-state index in [1.807, 2.05) is 32.0 Å². The van der Waals surface area contributed by atoms with E-state index in [9.17, 15) is 14.3 Å². The van der Waals surface area contributed by atoms with E-state index in [0.717, 1.165) is 61.0 Å². The van der Waals surface area contributed by atoms with Crippen LogP contribution in [0.25, 0.3) is 11.1 Å². The zero-order chi connectivity index (χ0) is 29.4. The van der Waals surface area contributed by atoms with Crippen molar-refractivity contribution in [1.29, 1.82) is 0 Å². The van der Waals surface area contributed by atoms with Crippen molar-refractivity contribution in [3.63, 3.8) is 0 Å². The number of aliphatic hydroxyl groups is 1. The topological polar surface area (TPSA) is 74.2 Å². The number of amides is 1. The van der Waals surface area contributed by atoms with Crippen LogP contribution in [0.1, 0.15) is 62.3 Å². The van der Waals surface area contributed by atoms with E-state index >= 15 is 0 Å². The summed E-state index contributed by atoms with van der Waals surface area (Å²) in [5, 5.41) is 15.2. The van der Waals surface area contributed by atoms with Crippen LogP contribution < -0.4 is 10.1 Å². The molecule has 2 unspecified atom stereocenters. The fraction of sp³-hybridized carbons (Fsp3) is 0.412. The van der Waals surface area contributed by atoms with Gasteiger partial charge in [0, 0.05) is 12.1 Å². The van der Waals surface area contributed by atoms with Gasteiger partial charge in [0.15, 0.2) is 0 Å². The highest BCUT2D eigenvalue weighted by atomic mass is 35.5. The number of carbonyl (C=O) groups is 1. The minimum atomic E-state index is -0.973. The standard InChI is InChI=1S/C34H37ClFN3O3/c1-34(2)19-24-17-22(21-5-9-25(36)10-6-21)7-13-27(24)31(38-34)33(41)37-29(20-39-15-3-4-16-39)32(40)23-8-14-30(28(35)18-23)42-26-11-12-26/h5-10,13-14,17-18,26,29,32,40H,3-4,11-12,15-16,19-20H2,1-2H3,(H,37,41). The molecule has 2 aliphatic heterocycles. The van der Waals surface area contributed by atoms with Crippen LogP contribution in [0.2, 0.25) is 5.02 Å². The molecule has 0 aromatic heterocycles. The highest BCUT2D eigenvalue weighted by molar-refractivity contribution is 6.46. The number of nitrogens with zero attached hydrogens (tertiary/aromatic N) is 2. The third kappa shape index (κ3) is 6.54. The fourth-order valence-electron chi connectivity index (χ4n) is 5.93. The summed E-state index contributed by atoms with van der Waals surface area (Å²) < 4.78 is 19.4. The first kappa shape index (κ1) is 28.8. The molecule has 1 amide bonds. The predicted molar refractivity (Wildman–Crippen MR) is 164 cm³/mol. The third-order valence-electron chi connectivity index (χ3n) is 8.26. The number of nitrogens with one attached hydrogen (secondary N) is 1. The maximum atomic E-state index is 14.0. The third-order valence-corrected chi connectivity index (χ3v) is 8.55. The Morgan fingerprint density at radius 2 is 1.81 bits per heavy atom. The SMILES string of the molecule is CC1(C)Cc2cc(-c3ccc(F)cc3)ccc2C(C(=O)NC(CN2CCCC2)C(O)c2ccc(OC3CC3)c(Cl)c2)=N1. The Morgan fingerprint density at radius 3 is 2.50 bits per heavy atom. The first-order valence-corrected chi connectivity index (χ1v) is 15.2. The van der Waals surface area contributed by atoms with Gasteiger partial charge in [-0.1, -0.05) is 48.0 Å². The molecule has 3 aromatic rings. The smallest absolute Gasteiger partial charge is 0.270 e. The highest BCUT2D eigenvalue weighted by Crippen LogP contribution is 2.35. The Bertz CT molecular complexity index is 1500. The number of aliphatic imine (C=N–C) groups is 1. The molecule has 3 aliphatic rings. The molecule has 42 heavy (non-hydrogen) atoms. The molecular weight excluding hydrogens is 553 g/mol. The zero-order valence-electron chi connectivity index (χ0n) is 24.1. The Kier molecular flexibility index (Phi) is 8.09. The van der Waals surface area contributed by atoms with Crippen molar-refractivity contribution < 1.29 is 19.0 Å². The van der Waals surface area contributed by atoms with Crippen molar-refractivity contribution in [3.8, 4) is 16.9 Å². The van der Waals surface area contributed by atoms with Crippen LogP contribution in [-0.2, 0) is 11.2 Å². The number of benzene rings is 3. The first-order chi connectivity index (χ1) is 20.1. The average molecular weight is 590 g/mol. The Hall–Kier alpha value is -3.26. The quantitative estimate of drug-likeness (QED) is 0.315. The van der Waals surface area contributed by atoms with Gasteiger partial charge in [-0.15, -0.1) is 0 Å². The fourth-order valence-corrected chi connectivity index (χ4v) is 6.17. The second-order valence-electron chi connectivity index (χ2n) is 12.4. The predicted octanol–water partition coefficient (Wildman–Crippen LogP) is 6.13. The van der Waals surface area contributed by atoms with E-state index in [0.29, 0.717) is 35.0 Å². The highest BCUT2D eigenvalue weighted by Gasteiger charge is 2.34. The van der Waals surface area contributed by atoms with Crippen LogP contribution in [0.15, 0.2) is 65.7 Å². The molecule has 0 bridgehead atoms. The average Bonchev–Trinajstić information content (AvgIpc) is 3.63. The molecule has 2 N–H and O–H groups in total. The van der Waals surface area contributed by atoms with E-state index in [-0.39, 0.29) is 17.8 Å². The van der Waals surface area contributed by atoms with Gasteiger partial charge in [0.2, 0.25) is 0 Å². The second-order valence-corrected chi connectivity index (χ2v) is 12.8. The van der Waals surface area contributed by atoms with Crippen LogP contribution in [0, 0.1) is 5.82 Å². The molecule has 1 saturated carbocycles. The summed E-state index contributed by atoms with van der Waals surface area (Å²) in [5.74, 6) is 0.0200. The monoisotopic (exact) mass is 589 g/mol. The summed E-state index contributed by atoms with van der Waals surface area (Å²) in [6.45, 7) is 6.39. The van der Waals surface area contributed by atoms with Crippen LogP contribution in [0.4, 0.5) is 4.39 Å². The lowest BCUT2D eigenvalue weighted by Crippen LogP contribution is -2.50. The van der Waals surface area contributed by atoms with Crippen molar-refractivity contribution >= 4 is 23.2 Å². The molecule has 220 valence electrons. The van der Waals surface area contributed by atoms with Crippen molar-refractivity contribution in [2.24, 2.45) is 4.99 Å². The lowest BCUT2D eigenvalue weighted by atomic mass is 9.85. The number of ether oxygens (including phenoxy) is 1. The molecule has 8 heteroatoms. The van der Waals surface area contributed by atoms with E-state index in [1.54, 1.807) is 24.3 Å². The maximum absolute atomic E-state index is 14.0. The minimum absolute atomic E-state index is 0.218. The summed E-state index contributed by atoms with van der Waals surface area (Å²) in [6.07, 6.45) is 4.17. The largest absolute Gasteiger partial charge is 0.489 e. The van der Waals surface area contributed by atoms with Crippen LogP contribution in [0.3, 0.4) is 0 Å². The number of carbonyl (C=O) groups excluding carboxylic acids is 1. The van der Waals surface area contributed by atoms with Crippen molar-refractivity contribution in [1.82, 2.24) is 10.2 Å². The van der Waals surface area contributed by atoms with Crippen molar-refractivity contribution in [3.05, 3.63) is 88.2 Å². The van der Waals surface area contributed by atoms with E-state index < -0.39 is 17.7 Å². The normalized spacial score (nSPS) is 19.5. The molecule has 6 rings (SSSR count). The second kappa shape index (κ2) is 11.8. The van der Waals surface area contributed by atoms with Gasteiger partial charge in [0.1, 0.15) is 23.4 Å². The van der Waals surface area contributed by atoms with Gasteiger partial charge in [-0.2, -0.15) is 0 Å². The number of likely N-dealkylation sites (tertiary alicyclic amines) is 1. The van der Waals surface area contributed by atoms with Crippen LogP contribution >= 0.6 is 11.6 Å². The van der Waals surface area contributed by atoms with E-state index in [2.05, 4.69) is 16.3 Å². The lowest BCUT2D eigenvalue weighted by Gasteiger charge is -2.32.